The number of nitrogens with zero attached hydrogens (tertiary/aromatic N) is 2. The van der Waals surface area contributed by atoms with Crippen molar-refractivity contribution >= 4 is 41.3 Å². The molecule has 0 spiro atoms. The third kappa shape index (κ3) is 7.26. The van der Waals surface area contributed by atoms with E-state index in [0.29, 0.717) is 0 Å². The van der Waals surface area contributed by atoms with Crippen molar-refractivity contribution in [3.63, 3.8) is 0 Å². The number of hydrogen-bond donors (Lipinski definition) is 2. The number of halogens is 1. The minimum atomic E-state index is 0. The molecule has 2 N–H and O–H groups in total. The van der Waals surface area contributed by atoms with Crippen molar-refractivity contribution in [2.75, 3.05) is 40.4 Å². The van der Waals surface area contributed by atoms with Crippen LogP contribution in [0.5, 0.6) is 0 Å². The number of nitrogens with one attached hydrogen (secondary N) is 2. The predicted molar refractivity (Wildman–Crippen MR) is 104 cm³/mol. The first-order valence-corrected chi connectivity index (χ1v) is 8.41. The van der Waals surface area contributed by atoms with Crippen LogP contribution < -0.4 is 10.6 Å². The Morgan fingerprint density at radius 2 is 2.23 bits per heavy atom. The molecule has 5 nitrogen and oxygen atoms in total. The van der Waals surface area contributed by atoms with E-state index in [9.17, 15) is 0 Å². The molecule has 0 bridgehead atoms. The zero-order valence-corrected chi connectivity index (χ0v) is 16.5. The molecule has 1 saturated carbocycles. The number of aliphatic imine (C=N–C) groups is 1. The van der Waals surface area contributed by atoms with Gasteiger partial charge in [0.2, 0.25) is 0 Å². The van der Waals surface area contributed by atoms with Gasteiger partial charge in [-0.15, -0.1) is 35.3 Å². The van der Waals surface area contributed by atoms with E-state index >= 15 is 0 Å². The van der Waals surface area contributed by atoms with Crippen LogP contribution in [-0.4, -0.2) is 57.3 Å². The Kier molecular flexibility index (Phi) is 10.0. The lowest BCUT2D eigenvalue weighted by Crippen LogP contribution is -2.42. The Balaban J connectivity index is 0.00000242. The summed E-state index contributed by atoms with van der Waals surface area (Å²) in [4.78, 5) is 8.08. The molecule has 126 valence electrons. The Morgan fingerprint density at radius 1 is 1.41 bits per heavy atom. The van der Waals surface area contributed by atoms with Gasteiger partial charge < -0.3 is 15.4 Å². The molecule has 1 aromatic heterocycles. The van der Waals surface area contributed by atoms with E-state index in [4.69, 9.17) is 4.74 Å². The smallest absolute Gasteiger partial charge is 0.191 e. The maximum atomic E-state index is 5.18. The molecule has 0 radical (unpaired) electrons. The molecular formula is C15H27IN4OS. The maximum Gasteiger partial charge on any atom is 0.191 e. The standard InChI is InChI=1S/C15H26N4OS.HI/c1-16-15(18-12-14-4-3-11-21-14)17-7-8-19(9-10-20-2)13-5-6-13;/h3-4,11,13H,5-10,12H2,1-2H3,(H2,16,17,18);1H. The number of thiophene rings is 1. The summed E-state index contributed by atoms with van der Waals surface area (Å²) in [5, 5.41) is 8.82. The van der Waals surface area contributed by atoms with Crippen LogP contribution in [0.2, 0.25) is 0 Å². The quantitative estimate of drug-likeness (QED) is 0.353. The molecule has 22 heavy (non-hydrogen) atoms. The zero-order valence-electron chi connectivity index (χ0n) is 13.4. The number of rotatable bonds is 9. The van der Waals surface area contributed by atoms with Gasteiger partial charge in [0.05, 0.1) is 13.2 Å². The van der Waals surface area contributed by atoms with Gasteiger partial charge in [0.15, 0.2) is 5.96 Å². The highest BCUT2D eigenvalue weighted by Gasteiger charge is 2.28. The summed E-state index contributed by atoms with van der Waals surface area (Å²) in [6, 6.07) is 4.97. The van der Waals surface area contributed by atoms with Crippen LogP contribution in [0, 0.1) is 0 Å². The Labute approximate surface area is 154 Å². The van der Waals surface area contributed by atoms with Crippen molar-refractivity contribution in [2.24, 2.45) is 4.99 Å². The fourth-order valence-electron chi connectivity index (χ4n) is 2.25. The van der Waals surface area contributed by atoms with Gasteiger partial charge in [0.1, 0.15) is 0 Å². The second-order valence-corrected chi connectivity index (χ2v) is 6.22. The molecule has 0 amide bonds. The second-order valence-electron chi connectivity index (χ2n) is 5.19. The molecule has 1 aromatic rings. The van der Waals surface area contributed by atoms with E-state index in [0.717, 1.165) is 44.8 Å². The van der Waals surface area contributed by atoms with Crippen molar-refractivity contribution in [1.29, 1.82) is 0 Å². The molecular weight excluding hydrogens is 411 g/mol. The lowest BCUT2D eigenvalue weighted by Gasteiger charge is -2.22. The van der Waals surface area contributed by atoms with E-state index in [2.05, 4.69) is 38.0 Å². The fourth-order valence-corrected chi connectivity index (χ4v) is 2.89. The lowest BCUT2D eigenvalue weighted by molar-refractivity contribution is 0.144. The van der Waals surface area contributed by atoms with Crippen LogP contribution in [0.4, 0.5) is 0 Å². The molecule has 0 saturated heterocycles. The number of hydrogen-bond acceptors (Lipinski definition) is 4. The minimum absolute atomic E-state index is 0. The van der Waals surface area contributed by atoms with Crippen LogP contribution in [0.1, 0.15) is 17.7 Å². The first-order chi connectivity index (χ1) is 10.3. The second kappa shape index (κ2) is 11.2. The van der Waals surface area contributed by atoms with E-state index in [1.807, 2.05) is 7.05 Å². The third-order valence-electron chi connectivity index (χ3n) is 3.57. The van der Waals surface area contributed by atoms with Gasteiger partial charge in [-0.3, -0.25) is 9.89 Å². The molecule has 7 heteroatoms. The molecule has 0 aliphatic heterocycles. The van der Waals surface area contributed by atoms with Gasteiger partial charge in [-0.2, -0.15) is 0 Å². The normalized spacial score (nSPS) is 14.8. The topological polar surface area (TPSA) is 48.9 Å². The van der Waals surface area contributed by atoms with Crippen LogP contribution in [-0.2, 0) is 11.3 Å². The molecule has 2 rings (SSSR count). The summed E-state index contributed by atoms with van der Waals surface area (Å²) in [7, 11) is 3.58. The maximum absolute atomic E-state index is 5.18. The van der Waals surface area contributed by atoms with Crippen LogP contribution in [0.3, 0.4) is 0 Å². The average Bonchev–Trinajstić information content (AvgIpc) is 3.21. The van der Waals surface area contributed by atoms with Gasteiger partial charge >= 0.3 is 0 Å². The molecule has 0 unspecified atom stereocenters. The number of ether oxygens (including phenoxy) is 1. The number of methoxy groups -OCH3 is 1. The van der Waals surface area contributed by atoms with Crippen LogP contribution in [0.15, 0.2) is 22.5 Å². The van der Waals surface area contributed by atoms with Crippen molar-refractivity contribution in [3.05, 3.63) is 22.4 Å². The lowest BCUT2D eigenvalue weighted by atomic mass is 10.4. The van der Waals surface area contributed by atoms with Crippen LogP contribution >= 0.6 is 35.3 Å². The average molecular weight is 438 g/mol. The molecule has 1 heterocycles. The van der Waals surface area contributed by atoms with Gasteiger partial charge in [0, 0.05) is 44.7 Å². The summed E-state index contributed by atoms with van der Waals surface area (Å²) in [5.74, 6) is 0.867. The summed E-state index contributed by atoms with van der Waals surface area (Å²) >= 11 is 1.76. The van der Waals surface area contributed by atoms with Crippen molar-refractivity contribution in [3.8, 4) is 0 Å². The molecule has 1 fully saturated rings. The van der Waals surface area contributed by atoms with Gasteiger partial charge in [-0.25, -0.2) is 0 Å². The highest BCUT2D eigenvalue weighted by molar-refractivity contribution is 14.0. The first-order valence-electron chi connectivity index (χ1n) is 7.53. The molecule has 1 aliphatic rings. The van der Waals surface area contributed by atoms with E-state index < -0.39 is 0 Å². The Bertz CT molecular complexity index is 423. The molecule has 1 aliphatic carbocycles. The van der Waals surface area contributed by atoms with Gasteiger partial charge in [-0.1, -0.05) is 6.07 Å². The highest BCUT2D eigenvalue weighted by atomic mass is 127. The third-order valence-corrected chi connectivity index (χ3v) is 4.45. The SMILES string of the molecule is CN=C(NCCN(CCOC)C1CC1)NCc1cccs1.I. The van der Waals surface area contributed by atoms with E-state index in [1.54, 1.807) is 18.4 Å². The van der Waals surface area contributed by atoms with E-state index in [-0.39, 0.29) is 24.0 Å². The summed E-state index contributed by atoms with van der Waals surface area (Å²) < 4.78 is 5.18. The summed E-state index contributed by atoms with van der Waals surface area (Å²) in [5.41, 5.74) is 0. The van der Waals surface area contributed by atoms with Crippen molar-refractivity contribution in [1.82, 2.24) is 15.5 Å². The predicted octanol–water partition coefficient (Wildman–Crippen LogP) is 2.14. The summed E-state index contributed by atoms with van der Waals surface area (Å²) in [6.07, 6.45) is 2.66. The van der Waals surface area contributed by atoms with Crippen molar-refractivity contribution in [2.45, 2.75) is 25.4 Å². The molecule has 0 atom stereocenters. The Hall–Kier alpha value is -0.380. The summed E-state index contributed by atoms with van der Waals surface area (Å²) in [6.45, 7) is 4.59. The first kappa shape index (κ1) is 19.7. The largest absolute Gasteiger partial charge is 0.383 e. The highest BCUT2D eigenvalue weighted by Crippen LogP contribution is 2.25. The van der Waals surface area contributed by atoms with Gasteiger partial charge in [0.25, 0.3) is 0 Å². The van der Waals surface area contributed by atoms with Gasteiger partial charge in [-0.05, 0) is 24.3 Å². The van der Waals surface area contributed by atoms with E-state index in [1.165, 1.54) is 17.7 Å². The fraction of sp³-hybridized carbons (Fsp3) is 0.667. The molecule has 0 aromatic carbocycles. The van der Waals surface area contributed by atoms with Crippen LogP contribution in [0.25, 0.3) is 0 Å². The number of guanidine groups is 1. The van der Waals surface area contributed by atoms with Crippen molar-refractivity contribution < 1.29 is 4.74 Å². The zero-order chi connectivity index (χ0) is 14.9. The monoisotopic (exact) mass is 438 g/mol. The minimum Gasteiger partial charge on any atom is -0.383 e. The Morgan fingerprint density at radius 3 is 2.82 bits per heavy atom.